The van der Waals surface area contributed by atoms with Crippen LogP contribution in [-0.4, -0.2) is 34.9 Å². The van der Waals surface area contributed by atoms with Gasteiger partial charge in [-0.1, -0.05) is 44.1 Å². The number of rotatable bonds is 4. The van der Waals surface area contributed by atoms with E-state index in [0.29, 0.717) is 21.8 Å². The molecular formula is C13H24ClN3OS2Si. The molecule has 0 aliphatic rings. The average Bonchev–Trinajstić information content (AvgIpc) is 2.23. The number of hydrogen-bond donors (Lipinski definition) is 0. The summed E-state index contributed by atoms with van der Waals surface area (Å²) in [5.41, 5.74) is 0.689. The van der Waals surface area contributed by atoms with Gasteiger partial charge in [0.1, 0.15) is 5.15 Å². The molecule has 0 bridgehead atoms. The van der Waals surface area contributed by atoms with Gasteiger partial charge in [0.05, 0.1) is 11.4 Å². The number of aromatic nitrogens is 2. The van der Waals surface area contributed by atoms with E-state index < -0.39 is 18.0 Å². The van der Waals surface area contributed by atoms with Crippen LogP contribution in [0.2, 0.25) is 23.3 Å². The van der Waals surface area contributed by atoms with Gasteiger partial charge in [-0.3, -0.25) is 8.24 Å². The Balaban J connectivity index is 3.17. The molecular weight excluding hydrogens is 342 g/mol. The lowest BCUT2D eigenvalue weighted by molar-refractivity contribution is 0.677. The fraction of sp³-hybridized carbons (Fsp3) is 0.692. The lowest BCUT2D eigenvalue weighted by Crippen LogP contribution is -2.36. The minimum absolute atomic E-state index is 0.0689. The highest BCUT2D eigenvalue weighted by molar-refractivity contribution is 7.98. The molecule has 0 aliphatic carbocycles. The van der Waals surface area contributed by atoms with E-state index in [2.05, 4.69) is 43.8 Å². The molecule has 0 fully saturated rings. The largest absolute Gasteiger partial charge is 0.277 e. The second-order valence-electron chi connectivity index (χ2n) is 6.67. The lowest BCUT2D eigenvalue weighted by atomic mass is 10.2. The van der Waals surface area contributed by atoms with Crippen LogP contribution in [-0.2, 0) is 15.5 Å². The summed E-state index contributed by atoms with van der Waals surface area (Å²) in [7, 11) is -4.30. The zero-order valence-electron chi connectivity index (χ0n) is 13.7. The van der Waals surface area contributed by atoms with Crippen LogP contribution in [0.1, 0.15) is 26.5 Å². The van der Waals surface area contributed by atoms with Crippen molar-refractivity contribution in [2.45, 2.75) is 49.8 Å². The summed E-state index contributed by atoms with van der Waals surface area (Å²) in [5.74, 6) is 0.315. The predicted molar refractivity (Wildman–Crippen MR) is 96.2 cm³/mol. The molecule has 1 atom stereocenters. The van der Waals surface area contributed by atoms with Crippen LogP contribution in [0.3, 0.4) is 0 Å². The molecule has 0 aliphatic heterocycles. The smallest absolute Gasteiger partial charge is 0.192 e. The number of hydrogen-bond acceptors (Lipinski definition) is 5. The van der Waals surface area contributed by atoms with Crippen LogP contribution in [0, 0.1) is 0 Å². The average molecular weight is 366 g/mol. The third-order valence-electron chi connectivity index (χ3n) is 3.58. The van der Waals surface area contributed by atoms with Crippen molar-refractivity contribution in [3.63, 3.8) is 0 Å². The zero-order chi connectivity index (χ0) is 16.5. The molecule has 21 heavy (non-hydrogen) atoms. The van der Waals surface area contributed by atoms with E-state index in [1.807, 2.05) is 6.26 Å². The van der Waals surface area contributed by atoms with Crippen LogP contribution in [0.4, 0.5) is 0 Å². The second-order valence-corrected chi connectivity index (χ2v) is 15.4. The van der Waals surface area contributed by atoms with Gasteiger partial charge in [0.15, 0.2) is 13.4 Å². The van der Waals surface area contributed by atoms with Gasteiger partial charge >= 0.3 is 0 Å². The Kier molecular flexibility index (Phi) is 5.91. The molecule has 0 aromatic carbocycles. The molecule has 0 N–H and O–H groups in total. The summed E-state index contributed by atoms with van der Waals surface area (Å²) in [4.78, 5) is 8.47. The molecule has 0 amide bonds. The molecule has 1 rings (SSSR count). The van der Waals surface area contributed by atoms with Crippen molar-refractivity contribution in [3.05, 3.63) is 16.9 Å². The highest BCUT2D eigenvalue weighted by Gasteiger charge is 2.37. The number of thioether (sulfide) groups is 1. The Morgan fingerprint density at radius 2 is 1.95 bits per heavy atom. The normalized spacial score (nSPS) is 15.6. The molecule has 0 spiro atoms. The maximum atomic E-state index is 12.9. The molecule has 1 aromatic heterocycles. The maximum absolute atomic E-state index is 12.9. The predicted octanol–water partition coefficient (Wildman–Crippen LogP) is 4.45. The zero-order valence-corrected chi connectivity index (χ0v) is 17.1. The third-order valence-corrected chi connectivity index (χ3v) is 12.2. The Hall–Kier alpha value is -0.113. The van der Waals surface area contributed by atoms with Crippen LogP contribution in [0.5, 0.6) is 0 Å². The lowest BCUT2D eigenvalue weighted by Gasteiger charge is -2.33. The minimum Gasteiger partial charge on any atom is -0.277 e. The summed E-state index contributed by atoms with van der Waals surface area (Å²) in [5, 5.41) is 1.05. The number of nitrogens with zero attached hydrogens (tertiary/aromatic N) is 3. The Morgan fingerprint density at radius 1 is 1.38 bits per heavy atom. The standard InChI is InChI=1S/C13H24ClN3OS2Si/c1-13(2,3)21(6,7)17-20(5,18)9-10-8-11(14)16-12(15-10)19-4/h8H,9H2,1-7H3. The Labute approximate surface area is 138 Å². The van der Waals surface area contributed by atoms with E-state index >= 15 is 0 Å². The van der Waals surface area contributed by atoms with Crippen molar-refractivity contribution in [2.75, 3.05) is 12.5 Å². The fourth-order valence-electron chi connectivity index (χ4n) is 1.53. The van der Waals surface area contributed by atoms with E-state index in [1.165, 1.54) is 11.8 Å². The van der Waals surface area contributed by atoms with Crippen molar-refractivity contribution in [3.8, 4) is 0 Å². The van der Waals surface area contributed by atoms with Crippen molar-refractivity contribution < 1.29 is 4.21 Å². The summed E-state index contributed by atoms with van der Waals surface area (Å²) in [6.07, 6.45) is 3.60. The minimum atomic E-state index is -2.34. The molecule has 4 nitrogen and oxygen atoms in total. The highest BCUT2D eigenvalue weighted by Crippen LogP contribution is 2.37. The van der Waals surface area contributed by atoms with Crippen LogP contribution >= 0.6 is 23.4 Å². The van der Waals surface area contributed by atoms with E-state index in [0.717, 1.165) is 0 Å². The molecule has 0 saturated carbocycles. The van der Waals surface area contributed by atoms with Gasteiger partial charge in [-0.2, -0.15) is 0 Å². The van der Waals surface area contributed by atoms with E-state index in [1.54, 1.807) is 12.3 Å². The van der Waals surface area contributed by atoms with Gasteiger partial charge in [-0.05, 0) is 30.5 Å². The first-order valence-corrected chi connectivity index (χ1v) is 13.3. The van der Waals surface area contributed by atoms with Crippen molar-refractivity contribution in [1.82, 2.24) is 9.97 Å². The first-order chi connectivity index (χ1) is 9.36. The first-order valence-electron chi connectivity index (χ1n) is 6.65. The molecule has 1 heterocycles. The van der Waals surface area contributed by atoms with Gasteiger partial charge in [0.25, 0.3) is 0 Å². The summed E-state index contributed by atoms with van der Waals surface area (Å²) in [6, 6.07) is 1.67. The van der Waals surface area contributed by atoms with Crippen LogP contribution in [0.25, 0.3) is 0 Å². The molecule has 8 heteroatoms. The summed E-state index contributed by atoms with van der Waals surface area (Å²) in [6.45, 7) is 10.8. The maximum Gasteiger partial charge on any atom is 0.192 e. The molecule has 1 unspecified atom stereocenters. The van der Waals surface area contributed by atoms with Crippen LogP contribution < -0.4 is 0 Å². The second kappa shape index (κ2) is 6.56. The molecule has 0 saturated heterocycles. The van der Waals surface area contributed by atoms with Crippen LogP contribution in [0.15, 0.2) is 15.3 Å². The molecule has 120 valence electrons. The highest BCUT2D eigenvalue weighted by atomic mass is 35.5. The molecule has 1 aromatic rings. The quantitative estimate of drug-likeness (QED) is 0.342. The number of halogens is 1. The van der Waals surface area contributed by atoms with Crippen molar-refractivity contribution in [2.24, 2.45) is 4.03 Å². The molecule has 0 radical (unpaired) electrons. The van der Waals surface area contributed by atoms with Gasteiger partial charge in [0, 0.05) is 16.0 Å². The summed E-state index contributed by atoms with van der Waals surface area (Å²) >= 11 is 7.40. The van der Waals surface area contributed by atoms with Gasteiger partial charge in [-0.25, -0.2) is 9.97 Å². The van der Waals surface area contributed by atoms with E-state index in [9.17, 15) is 4.21 Å². The van der Waals surface area contributed by atoms with E-state index in [-0.39, 0.29) is 5.04 Å². The van der Waals surface area contributed by atoms with Crippen molar-refractivity contribution >= 4 is 41.3 Å². The SMILES string of the molecule is CSc1nc(Cl)cc(CS(C)(=O)=N[Si](C)(C)C(C)(C)C)n1. The Morgan fingerprint density at radius 3 is 2.43 bits per heavy atom. The monoisotopic (exact) mass is 365 g/mol. The van der Waals surface area contributed by atoms with Gasteiger partial charge < -0.3 is 0 Å². The van der Waals surface area contributed by atoms with Gasteiger partial charge in [0.2, 0.25) is 0 Å². The fourth-order valence-corrected chi connectivity index (χ4v) is 8.10. The topological polar surface area (TPSA) is 55.2 Å². The summed E-state index contributed by atoms with van der Waals surface area (Å²) < 4.78 is 17.6. The van der Waals surface area contributed by atoms with Crippen molar-refractivity contribution in [1.29, 1.82) is 0 Å². The Bertz CT molecular complexity index is 635. The first kappa shape index (κ1) is 18.9. The van der Waals surface area contributed by atoms with Gasteiger partial charge in [-0.15, -0.1) is 0 Å². The third kappa shape index (κ3) is 5.54. The van der Waals surface area contributed by atoms with E-state index in [4.69, 9.17) is 15.6 Å².